The molecule has 0 spiro atoms. The van der Waals surface area contributed by atoms with Gasteiger partial charge >= 0.3 is 25.8 Å². The van der Waals surface area contributed by atoms with E-state index in [0.717, 1.165) is 32.1 Å². The molecule has 0 unspecified atom stereocenters. The molecule has 3 aromatic rings. The van der Waals surface area contributed by atoms with E-state index >= 15 is 0 Å². The van der Waals surface area contributed by atoms with Crippen molar-refractivity contribution in [3.8, 4) is 12.3 Å². The Kier molecular flexibility index (Phi) is 13.2. The van der Waals surface area contributed by atoms with Gasteiger partial charge in [-0.05, 0) is 25.3 Å². The molecule has 0 aliphatic carbocycles. The maximum absolute atomic E-state index is 14.3. The third kappa shape index (κ3) is 9.81. The first-order valence-electron chi connectivity index (χ1n) is 16.0. The van der Waals surface area contributed by atoms with Crippen molar-refractivity contribution in [2.45, 2.75) is 95.3 Å². The molecule has 1 aliphatic heterocycles. The summed E-state index contributed by atoms with van der Waals surface area (Å²) in [5.74, 6) is -0.0882. The van der Waals surface area contributed by atoms with E-state index in [-0.39, 0.29) is 36.4 Å². The minimum absolute atomic E-state index is 0.0230. The third-order valence-corrected chi connectivity index (χ3v) is 9.69. The number of aliphatic hydroxyl groups excluding tert-OH is 1. The first kappa shape index (κ1) is 37.8. The summed E-state index contributed by atoms with van der Waals surface area (Å²) in [7, 11) is -4.72. The number of nitrogens with one attached hydrogen (secondary N) is 1. The highest BCUT2D eigenvalue weighted by molar-refractivity contribution is 7.51. The lowest BCUT2D eigenvalue weighted by atomic mass is 9.99. The van der Waals surface area contributed by atoms with Crippen LogP contribution in [0.3, 0.4) is 0 Å². The van der Waals surface area contributed by atoms with Crippen molar-refractivity contribution in [3.63, 3.8) is 0 Å². The van der Waals surface area contributed by atoms with Crippen molar-refractivity contribution < 1.29 is 47.3 Å². The number of carboxylic acid groups (broad SMARTS) is 1. The SMILES string of the molecule is C#C[C@]1(CO[P@@](=O)(N[C@@H](Cc2ccccc2)C(=O)O)O[C@@H](C)C(=O)OCCCCCCCC)O[C@@H](n2cnc3c(N)nc(F)nc32)C[C@@H]1O. The Morgan fingerprint density at radius 2 is 1.96 bits per heavy atom. The number of nitrogens with two attached hydrogens (primary N) is 1. The third-order valence-electron chi connectivity index (χ3n) is 8.00. The number of hydrogen-bond acceptors (Lipinski definition) is 12. The number of anilines is 1. The van der Waals surface area contributed by atoms with E-state index in [0.29, 0.717) is 12.0 Å². The standard InChI is InChI=1S/C32H42FN6O9P/c1-4-6-7-8-9-13-16-45-30(43)21(3)48-49(44,38-23(29(41)42)17-22-14-11-10-12-15-22)46-19-32(5-2)24(40)18-25(47-32)39-20-35-26-27(34)36-31(33)37-28(26)39/h2,10-12,14-15,20-21,23-25,40H,4,6-9,13,16-19H2,1,3H3,(H,38,44)(H,41,42)(H2,34,36,37)/t21-,23-,24-,25+,32+,49-/m0/s1. The molecule has 1 saturated heterocycles. The van der Waals surface area contributed by atoms with Crippen LogP contribution < -0.4 is 10.8 Å². The summed E-state index contributed by atoms with van der Waals surface area (Å²) >= 11 is 0. The number of aromatic nitrogens is 4. The number of nitrogen functional groups attached to an aromatic ring is 1. The lowest BCUT2D eigenvalue weighted by molar-refractivity contribution is -0.152. The molecule has 0 bridgehead atoms. The predicted octanol–water partition coefficient (Wildman–Crippen LogP) is 3.92. The number of aliphatic hydroxyl groups is 1. The Morgan fingerprint density at radius 1 is 1.24 bits per heavy atom. The topological polar surface area (TPSA) is 210 Å². The van der Waals surface area contributed by atoms with Crippen LogP contribution in [0, 0.1) is 18.4 Å². The number of imidazole rings is 1. The van der Waals surface area contributed by atoms with Gasteiger partial charge in [0.25, 0.3) is 0 Å². The number of fused-ring (bicyclic) bond motifs is 1. The highest BCUT2D eigenvalue weighted by atomic mass is 31.2. The molecule has 17 heteroatoms. The zero-order valence-corrected chi connectivity index (χ0v) is 28.3. The number of esters is 1. The average molecular weight is 705 g/mol. The van der Waals surface area contributed by atoms with Gasteiger partial charge in [-0.15, -0.1) is 6.42 Å². The van der Waals surface area contributed by atoms with Crippen LogP contribution in [0.1, 0.15) is 70.6 Å². The van der Waals surface area contributed by atoms with Crippen molar-refractivity contribution in [1.29, 1.82) is 0 Å². The van der Waals surface area contributed by atoms with Gasteiger partial charge in [0.05, 0.1) is 12.9 Å². The second-order valence-electron chi connectivity index (χ2n) is 11.7. The number of carbonyl (C=O) groups excluding carboxylic acids is 1. The van der Waals surface area contributed by atoms with Crippen LogP contribution in [0.25, 0.3) is 11.2 Å². The molecule has 49 heavy (non-hydrogen) atoms. The molecular formula is C32H42FN6O9P. The van der Waals surface area contributed by atoms with Crippen LogP contribution in [0.5, 0.6) is 0 Å². The molecule has 1 fully saturated rings. The molecule has 4 rings (SSSR count). The van der Waals surface area contributed by atoms with Crippen molar-refractivity contribution in [3.05, 3.63) is 48.3 Å². The second kappa shape index (κ2) is 17.1. The Morgan fingerprint density at radius 3 is 2.65 bits per heavy atom. The summed E-state index contributed by atoms with van der Waals surface area (Å²) in [6.45, 7) is 2.75. The Hall–Kier alpha value is -3.97. The molecule has 0 saturated carbocycles. The van der Waals surface area contributed by atoms with Crippen LogP contribution in [-0.4, -0.2) is 78.7 Å². The van der Waals surface area contributed by atoms with Crippen LogP contribution in [0.15, 0.2) is 36.7 Å². The molecule has 0 radical (unpaired) electrons. The van der Waals surface area contributed by atoms with Gasteiger partial charge in [-0.1, -0.05) is 75.3 Å². The minimum atomic E-state index is -4.72. The fraction of sp³-hybridized carbons (Fsp3) is 0.531. The first-order chi connectivity index (χ1) is 23.4. The van der Waals surface area contributed by atoms with Crippen molar-refractivity contribution in [1.82, 2.24) is 24.6 Å². The Bertz CT molecular complexity index is 1670. The summed E-state index contributed by atoms with van der Waals surface area (Å²) in [4.78, 5) is 36.4. The van der Waals surface area contributed by atoms with Crippen LogP contribution in [-0.2, 0) is 39.1 Å². The summed E-state index contributed by atoms with van der Waals surface area (Å²) in [5, 5.41) is 23.5. The maximum Gasteiger partial charge on any atom is 0.407 e. The molecule has 266 valence electrons. The van der Waals surface area contributed by atoms with Gasteiger partial charge in [0.1, 0.15) is 25.0 Å². The van der Waals surface area contributed by atoms with Gasteiger partial charge in [-0.2, -0.15) is 14.4 Å². The van der Waals surface area contributed by atoms with E-state index in [2.05, 4.69) is 32.9 Å². The fourth-order valence-corrected chi connectivity index (χ4v) is 6.92. The molecular weight excluding hydrogens is 662 g/mol. The van der Waals surface area contributed by atoms with Gasteiger partial charge in [-0.3, -0.25) is 18.4 Å². The zero-order chi connectivity index (χ0) is 35.6. The number of carboxylic acids is 1. The van der Waals surface area contributed by atoms with Crippen molar-refractivity contribution in [2.75, 3.05) is 18.9 Å². The summed E-state index contributed by atoms with van der Waals surface area (Å²) in [5.41, 5.74) is 4.47. The second-order valence-corrected chi connectivity index (χ2v) is 13.4. The van der Waals surface area contributed by atoms with Crippen molar-refractivity contribution >= 4 is 36.7 Å². The Labute approximate surface area is 283 Å². The van der Waals surface area contributed by atoms with Gasteiger partial charge in [-0.25, -0.2) is 19.4 Å². The number of aliphatic carboxylic acids is 1. The van der Waals surface area contributed by atoms with Gasteiger partial charge < -0.3 is 25.4 Å². The smallest absolute Gasteiger partial charge is 0.407 e. The number of hydrogen-bond donors (Lipinski definition) is 4. The number of unbranched alkanes of at least 4 members (excludes halogenated alkanes) is 5. The van der Waals surface area contributed by atoms with E-state index in [1.54, 1.807) is 30.3 Å². The number of benzene rings is 1. The largest absolute Gasteiger partial charge is 0.480 e. The summed E-state index contributed by atoms with van der Waals surface area (Å²) in [6, 6.07) is 7.06. The molecule has 2 aromatic heterocycles. The van der Waals surface area contributed by atoms with Gasteiger partial charge in [0.15, 0.2) is 28.7 Å². The number of rotatable bonds is 19. The highest BCUT2D eigenvalue weighted by Gasteiger charge is 2.50. The number of halogens is 1. The molecule has 5 N–H and O–H groups in total. The van der Waals surface area contributed by atoms with Gasteiger partial charge in [0, 0.05) is 6.42 Å². The van der Waals surface area contributed by atoms with E-state index in [9.17, 15) is 28.8 Å². The van der Waals surface area contributed by atoms with Gasteiger partial charge in [0.2, 0.25) is 0 Å². The lowest BCUT2D eigenvalue weighted by Gasteiger charge is -2.30. The van der Waals surface area contributed by atoms with Crippen LogP contribution >= 0.6 is 7.75 Å². The number of ether oxygens (including phenoxy) is 2. The summed E-state index contributed by atoms with van der Waals surface area (Å²) in [6.07, 6.45) is 7.56. The number of carbonyl (C=O) groups is 2. The molecule has 3 heterocycles. The maximum atomic E-state index is 14.3. The van der Waals surface area contributed by atoms with Crippen LogP contribution in [0.2, 0.25) is 0 Å². The number of nitrogens with zero attached hydrogens (tertiary/aromatic N) is 4. The first-order valence-corrected chi connectivity index (χ1v) is 17.6. The minimum Gasteiger partial charge on any atom is -0.480 e. The highest BCUT2D eigenvalue weighted by Crippen LogP contribution is 2.49. The average Bonchev–Trinajstić information content (AvgIpc) is 3.64. The van der Waals surface area contributed by atoms with E-state index < -0.39 is 62.4 Å². The number of terminal acetylenes is 1. The van der Waals surface area contributed by atoms with E-state index in [1.807, 2.05) is 0 Å². The molecule has 0 amide bonds. The molecule has 6 atom stereocenters. The van der Waals surface area contributed by atoms with Crippen LogP contribution in [0.4, 0.5) is 10.2 Å². The monoisotopic (exact) mass is 704 g/mol. The molecule has 1 aliphatic rings. The quantitative estimate of drug-likeness (QED) is 0.0458. The van der Waals surface area contributed by atoms with E-state index in [1.165, 1.54) is 17.8 Å². The van der Waals surface area contributed by atoms with E-state index in [4.69, 9.17) is 30.7 Å². The summed E-state index contributed by atoms with van der Waals surface area (Å²) < 4.78 is 52.1. The zero-order valence-electron chi connectivity index (χ0n) is 27.4. The fourth-order valence-electron chi connectivity index (χ4n) is 5.28. The lowest BCUT2D eigenvalue weighted by Crippen LogP contribution is -2.44. The predicted molar refractivity (Wildman–Crippen MR) is 175 cm³/mol. The molecule has 15 nitrogen and oxygen atoms in total. The van der Waals surface area contributed by atoms with Crippen molar-refractivity contribution in [2.24, 2.45) is 0 Å². The molecule has 1 aromatic carbocycles. The normalized spacial score (nSPS) is 21.5. The Balaban J connectivity index is 1.51.